The van der Waals surface area contributed by atoms with Gasteiger partial charge in [-0.15, -0.1) is 0 Å². The molecule has 3 N–H and O–H groups in total. The molecule has 0 aliphatic carbocycles. The highest BCUT2D eigenvalue weighted by molar-refractivity contribution is 6.05. The summed E-state index contributed by atoms with van der Waals surface area (Å²) in [6.45, 7) is 3.30. The van der Waals surface area contributed by atoms with Crippen LogP contribution in [0.3, 0.4) is 0 Å². The van der Waals surface area contributed by atoms with Crippen LogP contribution in [0.25, 0.3) is 0 Å². The second kappa shape index (κ2) is 11.3. The summed E-state index contributed by atoms with van der Waals surface area (Å²) >= 11 is 0. The molecule has 0 aromatic heterocycles. The molecule has 0 saturated carbocycles. The molecule has 0 spiro atoms. The number of carbonyl (C=O) groups excluding carboxylic acids is 4. The van der Waals surface area contributed by atoms with Crippen molar-refractivity contribution in [2.45, 2.75) is 32.6 Å². The molecular weight excluding hydrogens is 422 g/mol. The molecule has 0 unspecified atom stereocenters. The Bertz CT molecular complexity index is 1010. The number of likely N-dealkylation sites (tertiary alicyclic amines) is 1. The summed E-state index contributed by atoms with van der Waals surface area (Å²) in [5.74, 6) is -0.561. The predicted molar refractivity (Wildman–Crippen MR) is 124 cm³/mol. The molecule has 2 aromatic carbocycles. The fourth-order valence-electron chi connectivity index (χ4n) is 3.80. The summed E-state index contributed by atoms with van der Waals surface area (Å²) in [6, 6.07) is 13.6. The van der Waals surface area contributed by atoms with Gasteiger partial charge in [-0.2, -0.15) is 0 Å². The first-order valence-corrected chi connectivity index (χ1v) is 11.1. The van der Waals surface area contributed by atoms with Crippen LogP contribution >= 0.6 is 0 Å². The number of nitrogens with zero attached hydrogens (tertiary/aromatic N) is 1. The maximum absolute atomic E-state index is 13.0. The average Bonchev–Trinajstić information content (AvgIpc) is 2.83. The summed E-state index contributed by atoms with van der Waals surface area (Å²) in [5.41, 5.74) is 6.66. The van der Waals surface area contributed by atoms with Gasteiger partial charge in [0.05, 0.1) is 17.9 Å². The van der Waals surface area contributed by atoms with E-state index in [4.69, 9.17) is 10.5 Å². The summed E-state index contributed by atoms with van der Waals surface area (Å²) < 4.78 is 5.37. The molecule has 2 aromatic rings. The van der Waals surface area contributed by atoms with Crippen molar-refractivity contribution in [2.24, 2.45) is 11.7 Å². The van der Waals surface area contributed by atoms with Crippen LogP contribution in [0, 0.1) is 5.92 Å². The van der Waals surface area contributed by atoms with E-state index in [9.17, 15) is 19.2 Å². The number of primary amides is 1. The summed E-state index contributed by atoms with van der Waals surface area (Å²) in [7, 11) is 0. The maximum Gasteiger partial charge on any atom is 0.255 e. The van der Waals surface area contributed by atoms with Gasteiger partial charge >= 0.3 is 0 Å². The predicted octanol–water partition coefficient (Wildman–Crippen LogP) is 3.02. The number of piperidine rings is 1. The SMILES string of the molecule is CCOc1ccc(C(=O)CCC(=O)Nc2ccccc2C(=O)N2CCC(C(N)=O)CC2)cc1. The van der Waals surface area contributed by atoms with Gasteiger partial charge in [-0.05, 0) is 56.2 Å². The Hall–Kier alpha value is -3.68. The van der Waals surface area contributed by atoms with E-state index in [1.165, 1.54) is 0 Å². The number of ether oxygens (including phenoxy) is 1. The minimum Gasteiger partial charge on any atom is -0.494 e. The Morgan fingerprint density at radius 3 is 2.30 bits per heavy atom. The topological polar surface area (TPSA) is 119 Å². The Morgan fingerprint density at radius 2 is 1.67 bits per heavy atom. The fourth-order valence-corrected chi connectivity index (χ4v) is 3.80. The number of benzene rings is 2. The van der Waals surface area contributed by atoms with Crippen LogP contribution in [0.1, 0.15) is 53.3 Å². The quantitative estimate of drug-likeness (QED) is 0.568. The maximum atomic E-state index is 13.0. The third-order valence-corrected chi connectivity index (χ3v) is 5.68. The molecule has 0 radical (unpaired) electrons. The number of para-hydroxylation sites is 1. The summed E-state index contributed by atoms with van der Waals surface area (Å²) in [5, 5.41) is 2.76. The number of Topliss-reactive ketones (excluding diaryl/α,β-unsaturated/α-hetero) is 1. The Kier molecular flexibility index (Phi) is 8.18. The number of amides is 3. The van der Waals surface area contributed by atoms with Crippen LogP contribution in [-0.2, 0) is 9.59 Å². The van der Waals surface area contributed by atoms with E-state index >= 15 is 0 Å². The second-order valence-corrected chi connectivity index (χ2v) is 7.94. The van der Waals surface area contributed by atoms with Crippen molar-refractivity contribution in [2.75, 3.05) is 25.0 Å². The Morgan fingerprint density at radius 1 is 1.00 bits per heavy atom. The van der Waals surface area contributed by atoms with Crippen molar-refractivity contribution >= 4 is 29.2 Å². The number of hydrogen-bond acceptors (Lipinski definition) is 5. The van der Waals surface area contributed by atoms with Crippen molar-refractivity contribution in [1.29, 1.82) is 0 Å². The highest BCUT2D eigenvalue weighted by Crippen LogP contribution is 2.23. The minimum atomic E-state index is -0.345. The zero-order valence-corrected chi connectivity index (χ0v) is 18.7. The van der Waals surface area contributed by atoms with Gasteiger partial charge in [0.15, 0.2) is 5.78 Å². The molecule has 3 rings (SSSR count). The van der Waals surface area contributed by atoms with E-state index in [1.54, 1.807) is 53.4 Å². The largest absolute Gasteiger partial charge is 0.494 e. The van der Waals surface area contributed by atoms with Gasteiger partial charge in [0.1, 0.15) is 5.75 Å². The first-order valence-electron chi connectivity index (χ1n) is 11.1. The van der Waals surface area contributed by atoms with Crippen LogP contribution in [0.15, 0.2) is 48.5 Å². The fraction of sp³-hybridized carbons (Fsp3) is 0.360. The van der Waals surface area contributed by atoms with Gasteiger partial charge in [0.25, 0.3) is 5.91 Å². The molecular formula is C25H29N3O5. The highest BCUT2D eigenvalue weighted by atomic mass is 16.5. The number of anilines is 1. The molecule has 8 nitrogen and oxygen atoms in total. The lowest BCUT2D eigenvalue weighted by Crippen LogP contribution is -2.42. The number of carbonyl (C=O) groups is 4. The number of nitrogens with one attached hydrogen (secondary N) is 1. The lowest BCUT2D eigenvalue weighted by atomic mass is 9.95. The first kappa shape index (κ1) is 24.0. The van der Waals surface area contributed by atoms with E-state index in [2.05, 4.69) is 5.32 Å². The standard InChI is InChI=1S/C25H29N3O5/c1-2-33-19-9-7-17(8-10-19)22(29)11-12-23(30)27-21-6-4-3-5-20(21)25(32)28-15-13-18(14-16-28)24(26)31/h3-10,18H,2,11-16H2,1H3,(H2,26,31)(H,27,30). The van der Waals surface area contributed by atoms with Gasteiger partial charge < -0.3 is 20.7 Å². The minimum absolute atomic E-state index is 0.00141. The number of rotatable bonds is 9. The van der Waals surface area contributed by atoms with Crippen LogP contribution in [0.5, 0.6) is 5.75 Å². The number of ketones is 1. The van der Waals surface area contributed by atoms with E-state index in [0.29, 0.717) is 55.1 Å². The van der Waals surface area contributed by atoms with Gasteiger partial charge in [-0.1, -0.05) is 12.1 Å². The van der Waals surface area contributed by atoms with Crippen LogP contribution in [-0.4, -0.2) is 48.1 Å². The highest BCUT2D eigenvalue weighted by Gasteiger charge is 2.27. The lowest BCUT2D eigenvalue weighted by Gasteiger charge is -2.31. The van der Waals surface area contributed by atoms with Crippen LogP contribution < -0.4 is 15.8 Å². The number of nitrogens with two attached hydrogens (primary N) is 1. The Labute approximate surface area is 193 Å². The summed E-state index contributed by atoms with van der Waals surface area (Å²) in [6.07, 6.45) is 1.11. The van der Waals surface area contributed by atoms with Gasteiger partial charge in [0.2, 0.25) is 11.8 Å². The molecule has 3 amide bonds. The molecule has 33 heavy (non-hydrogen) atoms. The zero-order valence-electron chi connectivity index (χ0n) is 18.7. The zero-order chi connectivity index (χ0) is 23.8. The first-order chi connectivity index (χ1) is 15.9. The normalized spacial score (nSPS) is 13.9. The van der Waals surface area contributed by atoms with E-state index in [1.807, 2.05) is 6.92 Å². The molecule has 1 heterocycles. The monoisotopic (exact) mass is 451 g/mol. The molecule has 1 saturated heterocycles. The van der Waals surface area contributed by atoms with Gasteiger partial charge in [-0.3, -0.25) is 19.2 Å². The van der Waals surface area contributed by atoms with E-state index in [-0.39, 0.29) is 42.3 Å². The third-order valence-electron chi connectivity index (χ3n) is 5.68. The smallest absolute Gasteiger partial charge is 0.255 e. The molecule has 1 aliphatic heterocycles. The van der Waals surface area contributed by atoms with Crippen molar-refractivity contribution in [3.63, 3.8) is 0 Å². The Balaban J connectivity index is 1.56. The molecule has 0 bridgehead atoms. The van der Waals surface area contributed by atoms with Crippen molar-refractivity contribution in [3.05, 3.63) is 59.7 Å². The average molecular weight is 452 g/mol. The van der Waals surface area contributed by atoms with Crippen molar-refractivity contribution in [3.8, 4) is 5.75 Å². The molecule has 1 fully saturated rings. The van der Waals surface area contributed by atoms with Gasteiger partial charge in [-0.25, -0.2) is 0 Å². The van der Waals surface area contributed by atoms with Gasteiger partial charge in [0, 0.05) is 37.4 Å². The number of hydrogen-bond donors (Lipinski definition) is 2. The van der Waals surface area contributed by atoms with Crippen molar-refractivity contribution in [1.82, 2.24) is 4.90 Å². The molecule has 0 atom stereocenters. The third kappa shape index (κ3) is 6.41. The molecule has 174 valence electrons. The molecule has 8 heteroatoms. The molecule has 1 aliphatic rings. The van der Waals surface area contributed by atoms with Crippen LogP contribution in [0.4, 0.5) is 5.69 Å². The summed E-state index contributed by atoms with van der Waals surface area (Å²) in [4.78, 5) is 50.9. The van der Waals surface area contributed by atoms with Crippen LogP contribution in [0.2, 0.25) is 0 Å². The van der Waals surface area contributed by atoms with E-state index < -0.39 is 0 Å². The van der Waals surface area contributed by atoms with E-state index in [0.717, 1.165) is 0 Å². The second-order valence-electron chi connectivity index (χ2n) is 7.94. The lowest BCUT2D eigenvalue weighted by molar-refractivity contribution is -0.123. The van der Waals surface area contributed by atoms with Crippen molar-refractivity contribution < 1.29 is 23.9 Å².